The molecule has 0 saturated heterocycles. The summed E-state index contributed by atoms with van der Waals surface area (Å²) < 4.78 is 10.3. The average molecular weight is 260 g/mol. The van der Waals surface area contributed by atoms with Gasteiger partial charge in [-0.2, -0.15) is 0 Å². The van der Waals surface area contributed by atoms with Crippen LogP contribution >= 0.6 is 0 Å². The van der Waals surface area contributed by atoms with Crippen LogP contribution in [0.1, 0.15) is 34.9 Å². The Bertz CT molecular complexity index is 537. The van der Waals surface area contributed by atoms with Gasteiger partial charge < -0.3 is 14.5 Å². The minimum absolute atomic E-state index is 0.315. The van der Waals surface area contributed by atoms with Crippen LogP contribution in [0.3, 0.4) is 0 Å². The molecule has 5 heteroatoms. The van der Waals surface area contributed by atoms with E-state index in [0.717, 1.165) is 5.56 Å². The van der Waals surface area contributed by atoms with Crippen LogP contribution in [0.25, 0.3) is 0 Å². The van der Waals surface area contributed by atoms with Crippen molar-refractivity contribution in [1.82, 2.24) is 9.97 Å². The highest BCUT2D eigenvalue weighted by Gasteiger charge is 2.19. The summed E-state index contributed by atoms with van der Waals surface area (Å²) in [6.45, 7) is 2.47. The number of rotatable bonds is 5. The van der Waals surface area contributed by atoms with E-state index in [-0.39, 0.29) is 6.10 Å². The van der Waals surface area contributed by atoms with Gasteiger partial charge in [-0.25, -0.2) is 9.78 Å². The molecule has 19 heavy (non-hydrogen) atoms. The Hall–Kier alpha value is -2.14. The Morgan fingerprint density at radius 1 is 1.37 bits per heavy atom. The number of esters is 1. The molecule has 0 amide bonds. The van der Waals surface area contributed by atoms with E-state index < -0.39 is 5.97 Å². The third-order valence-electron chi connectivity index (χ3n) is 2.68. The van der Waals surface area contributed by atoms with E-state index in [4.69, 9.17) is 4.74 Å². The lowest BCUT2D eigenvalue weighted by atomic mass is 10.1. The average Bonchev–Trinajstić information content (AvgIpc) is 2.94. The number of nitrogens with one attached hydrogen (secondary N) is 1. The zero-order chi connectivity index (χ0) is 13.7. The van der Waals surface area contributed by atoms with Crippen LogP contribution in [0.15, 0.2) is 36.5 Å². The number of nitrogens with zero attached hydrogens (tertiary/aromatic N) is 1. The van der Waals surface area contributed by atoms with Gasteiger partial charge in [0.2, 0.25) is 0 Å². The first kappa shape index (κ1) is 13.3. The van der Waals surface area contributed by atoms with Crippen LogP contribution in [0.2, 0.25) is 0 Å². The molecule has 1 unspecified atom stereocenters. The highest BCUT2D eigenvalue weighted by Crippen LogP contribution is 2.23. The van der Waals surface area contributed by atoms with Crippen LogP contribution in [-0.4, -0.2) is 29.7 Å². The zero-order valence-corrected chi connectivity index (χ0v) is 10.9. The largest absolute Gasteiger partial charge is 0.464 e. The molecular weight excluding hydrogens is 244 g/mol. The quantitative estimate of drug-likeness (QED) is 0.838. The number of imidazole rings is 1. The van der Waals surface area contributed by atoms with Gasteiger partial charge in [-0.1, -0.05) is 30.3 Å². The first-order valence-corrected chi connectivity index (χ1v) is 6.06. The molecule has 1 aromatic heterocycles. The van der Waals surface area contributed by atoms with Crippen molar-refractivity contribution in [2.24, 2.45) is 0 Å². The minimum Gasteiger partial charge on any atom is -0.464 e. The highest BCUT2D eigenvalue weighted by molar-refractivity contribution is 5.86. The van der Waals surface area contributed by atoms with Gasteiger partial charge in [-0.15, -0.1) is 0 Å². The monoisotopic (exact) mass is 260 g/mol. The van der Waals surface area contributed by atoms with Crippen molar-refractivity contribution in [2.45, 2.75) is 13.0 Å². The van der Waals surface area contributed by atoms with Gasteiger partial charge in [-0.05, 0) is 12.5 Å². The predicted molar refractivity (Wildman–Crippen MR) is 69.8 cm³/mol. The van der Waals surface area contributed by atoms with Crippen molar-refractivity contribution in [3.05, 3.63) is 53.6 Å². The lowest BCUT2D eigenvalue weighted by Gasteiger charge is -2.14. The van der Waals surface area contributed by atoms with Crippen molar-refractivity contribution in [1.29, 1.82) is 0 Å². The van der Waals surface area contributed by atoms with Crippen LogP contribution in [-0.2, 0) is 9.47 Å². The second-order valence-electron chi connectivity index (χ2n) is 3.92. The maximum Gasteiger partial charge on any atom is 0.356 e. The Kier molecular flexibility index (Phi) is 4.30. The summed E-state index contributed by atoms with van der Waals surface area (Å²) in [5, 5.41) is 0. The highest BCUT2D eigenvalue weighted by atomic mass is 16.5. The van der Waals surface area contributed by atoms with Gasteiger partial charge in [0, 0.05) is 6.61 Å². The second-order valence-corrected chi connectivity index (χ2v) is 3.92. The molecule has 0 bridgehead atoms. The zero-order valence-electron chi connectivity index (χ0n) is 10.9. The van der Waals surface area contributed by atoms with E-state index in [2.05, 4.69) is 14.7 Å². The summed E-state index contributed by atoms with van der Waals surface area (Å²) in [6, 6.07) is 9.73. The van der Waals surface area contributed by atoms with E-state index in [9.17, 15) is 4.79 Å². The van der Waals surface area contributed by atoms with Crippen molar-refractivity contribution < 1.29 is 14.3 Å². The van der Waals surface area contributed by atoms with Gasteiger partial charge in [0.1, 0.15) is 17.6 Å². The van der Waals surface area contributed by atoms with Gasteiger partial charge in [-0.3, -0.25) is 0 Å². The van der Waals surface area contributed by atoms with E-state index in [0.29, 0.717) is 18.1 Å². The van der Waals surface area contributed by atoms with E-state index in [1.165, 1.54) is 13.3 Å². The first-order chi connectivity index (χ1) is 9.26. The number of H-pyrrole nitrogens is 1. The van der Waals surface area contributed by atoms with Crippen molar-refractivity contribution in [3.8, 4) is 0 Å². The lowest BCUT2D eigenvalue weighted by Crippen LogP contribution is -2.09. The van der Waals surface area contributed by atoms with Gasteiger partial charge >= 0.3 is 5.97 Å². The molecule has 0 aliphatic rings. The molecular formula is C14H16N2O3. The number of ether oxygens (including phenoxy) is 2. The van der Waals surface area contributed by atoms with E-state index >= 15 is 0 Å². The molecule has 2 aromatic rings. The number of methoxy groups -OCH3 is 1. The molecule has 2 rings (SSSR count). The topological polar surface area (TPSA) is 64.2 Å². The SMILES string of the molecule is CCOC(c1ccccc1)c1ncc(C(=O)OC)[nH]1. The number of hydrogen-bond acceptors (Lipinski definition) is 4. The van der Waals surface area contributed by atoms with E-state index in [1.54, 1.807) is 0 Å². The molecule has 1 atom stereocenters. The smallest absolute Gasteiger partial charge is 0.356 e. The summed E-state index contributed by atoms with van der Waals surface area (Å²) in [5.74, 6) is 0.149. The van der Waals surface area contributed by atoms with Crippen molar-refractivity contribution >= 4 is 5.97 Å². The standard InChI is InChI=1S/C14H16N2O3/c1-3-19-12(10-7-5-4-6-8-10)13-15-9-11(16-13)14(17)18-2/h4-9,12H,3H2,1-2H3,(H,15,16). The van der Waals surface area contributed by atoms with Crippen molar-refractivity contribution in [3.63, 3.8) is 0 Å². The Morgan fingerprint density at radius 3 is 2.74 bits per heavy atom. The van der Waals surface area contributed by atoms with Gasteiger partial charge in [0.25, 0.3) is 0 Å². The molecule has 0 fully saturated rings. The van der Waals surface area contributed by atoms with Crippen molar-refractivity contribution in [2.75, 3.05) is 13.7 Å². The summed E-state index contributed by atoms with van der Waals surface area (Å²) in [5.41, 5.74) is 1.30. The number of carbonyl (C=O) groups is 1. The summed E-state index contributed by atoms with van der Waals surface area (Å²) in [4.78, 5) is 18.5. The number of aromatic amines is 1. The summed E-state index contributed by atoms with van der Waals surface area (Å²) in [6.07, 6.45) is 1.14. The molecule has 0 aliphatic heterocycles. The summed E-state index contributed by atoms with van der Waals surface area (Å²) >= 11 is 0. The van der Waals surface area contributed by atoms with Gasteiger partial charge in [0.15, 0.2) is 0 Å². The molecule has 0 spiro atoms. The predicted octanol–water partition coefficient (Wildman–Crippen LogP) is 2.32. The Balaban J connectivity index is 2.29. The van der Waals surface area contributed by atoms with Crippen LogP contribution in [0, 0.1) is 0 Å². The fraction of sp³-hybridized carbons (Fsp3) is 0.286. The minimum atomic E-state index is -0.443. The molecule has 0 radical (unpaired) electrons. The Labute approximate surface area is 111 Å². The molecule has 1 aromatic carbocycles. The lowest BCUT2D eigenvalue weighted by molar-refractivity contribution is 0.0592. The molecule has 0 saturated carbocycles. The Morgan fingerprint density at radius 2 is 2.11 bits per heavy atom. The number of hydrogen-bond donors (Lipinski definition) is 1. The maximum absolute atomic E-state index is 11.4. The second kappa shape index (κ2) is 6.15. The fourth-order valence-electron chi connectivity index (χ4n) is 1.81. The number of benzene rings is 1. The normalized spacial score (nSPS) is 12.1. The maximum atomic E-state index is 11.4. The summed E-state index contributed by atoms with van der Waals surface area (Å²) in [7, 11) is 1.33. The number of carbonyl (C=O) groups excluding carboxylic acids is 1. The van der Waals surface area contributed by atoms with Crippen LogP contribution in [0.5, 0.6) is 0 Å². The molecule has 1 heterocycles. The fourth-order valence-corrected chi connectivity index (χ4v) is 1.81. The third kappa shape index (κ3) is 3.00. The molecule has 100 valence electrons. The molecule has 0 aliphatic carbocycles. The first-order valence-electron chi connectivity index (χ1n) is 6.06. The molecule has 1 N–H and O–H groups in total. The van der Waals surface area contributed by atoms with Crippen LogP contribution < -0.4 is 0 Å². The van der Waals surface area contributed by atoms with E-state index in [1.807, 2.05) is 37.3 Å². The third-order valence-corrected chi connectivity index (χ3v) is 2.68. The number of aromatic nitrogens is 2. The van der Waals surface area contributed by atoms with Crippen LogP contribution in [0.4, 0.5) is 0 Å². The van der Waals surface area contributed by atoms with Gasteiger partial charge in [0.05, 0.1) is 13.3 Å². The molecule has 5 nitrogen and oxygen atoms in total.